The largest absolute Gasteiger partial charge is 0.311 e. The van der Waals surface area contributed by atoms with Crippen LogP contribution in [0.25, 0.3) is 28.7 Å². The van der Waals surface area contributed by atoms with Crippen LogP contribution in [0.2, 0.25) is 0 Å². The number of anilines is 9. The molecule has 0 radical (unpaired) electrons. The third-order valence-electron chi connectivity index (χ3n) is 12.0. The standard InChI is InChI=1S/C55H41BN4/c1-3-20-49-45(4-2)46-35-33-44(37-53(46)58(49)41-25-13-7-14-26-41)60-50-30-18-17-29-47(50)56-48-36-34-43(57(39-21-9-5-10-22-39)40-23-11-6-12-24-40)38-54(48)59(42-27-15-8-16-28-42)51-31-19-32-52(60)55(51)56/h3-38H,2H2,1H3/b20-3-. The van der Waals surface area contributed by atoms with Crippen LogP contribution in [0, 0.1) is 0 Å². The number of aromatic nitrogens is 1. The van der Waals surface area contributed by atoms with Crippen LogP contribution in [-0.4, -0.2) is 11.3 Å². The summed E-state index contributed by atoms with van der Waals surface area (Å²) < 4.78 is 2.37. The molecule has 0 amide bonds. The highest BCUT2D eigenvalue weighted by molar-refractivity contribution is 7.00. The number of fused-ring (bicyclic) bond motifs is 5. The molecule has 0 saturated heterocycles. The average molecular weight is 769 g/mol. The van der Waals surface area contributed by atoms with Crippen molar-refractivity contribution in [3.05, 3.63) is 224 Å². The van der Waals surface area contributed by atoms with Gasteiger partial charge in [-0.1, -0.05) is 128 Å². The maximum Gasteiger partial charge on any atom is 0.252 e. The molecule has 11 rings (SSSR count). The van der Waals surface area contributed by atoms with Crippen LogP contribution in [0.5, 0.6) is 0 Å². The number of hydrogen-bond donors (Lipinski definition) is 0. The lowest BCUT2D eigenvalue weighted by Crippen LogP contribution is -2.61. The number of allylic oxidation sites excluding steroid dienone is 1. The molecule has 0 N–H and O–H groups in total. The summed E-state index contributed by atoms with van der Waals surface area (Å²) in [5.41, 5.74) is 18.6. The van der Waals surface area contributed by atoms with E-state index in [1.165, 1.54) is 44.5 Å². The van der Waals surface area contributed by atoms with Crippen molar-refractivity contribution in [3.63, 3.8) is 0 Å². The topological polar surface area (TPSA) is 14.7 Å². The zero-order chi connectivity index (χ0) is 40.2. The van der Waals surface area contributed by atoms with Gasteiger partial charge < -0.3 is 19.3 Å². The van der Waals surface area contributed by atoms with Crippen molar-refractivity contribution in [1.82, 2.24) is 4.57 Å². The molecular formula is C55H41BN4. The average Bonchev–Trinajstić information content (AvgIpc) is 3.62. The van der Waals surface area contributed by atoms with Crippen molar-refractivity contribution >= 4 is 97.3 Å². The number of para-hydroxylation sites is 5. The lowest BCUT2D eigenvalue weighted by molar-refractivity contribution is 1.10. The number of hydrogen-bond acceptors (Lipinski definition) is 3. The van der Waals surface area contributed by atoms with Crippen LogP contribution in [-0.2, 0) is 0 Å². The molecule has 1 aromatic heterocycles. The van der Waals surface area contributed by atoms with Gasteiger partial charge in [-0.15, -0.1) is 0 Å². The molecule has 2 aliphatic rings. The van der Waals surface area contributed by atoms with Crippen molar-refractivity contribution in [2.75, 3.05) is 14.7 Å². The van der Waals surface area contributed by atoms with E-state index < -0.39 is 0 Å². The van der Waals surface area contributed by atoms with Crippen molar-refractivity contribution < 1.29 is 0 Å². The molecule has 2 aliphatic heterocycles. The minimum atomic E-state index is 0.0140. The Bertz CT molecular complexity index is 3040. The van der Waals surface area contributed by atoms with Gasteiger partial charge >= 0.3 is 0 Å². The highest BCUT2D eigenvalue weighted by atomic mass is 15.2. The molecule has 4 nitrogen and oxygen atoms in total. The van der Waals surface area contributed by atoms with Crippen LogP contribution in [0.3, 0.4) is 0 Å². The summed E-state index contributed by atoms with van der Waals surface area (Å²) in [5.74, 6) is 0. The normalized spacial score (nSPS) is 12.7. The molecule has 0 fully saturated rings. The molecule has 60 heavy (non-hydrogen) atoms. The van der Waals surface area contributed by atoms with Crippen LogP contribution in [0.4, 0.5) is 51.2 Å². The van der Waals surface area contributed by atoms with Gasteiger partial charge in [-0.3, -0.25) is 0 Å². The molecule has 5 heteroatoms. The highest BCUT2D eigenvalue weighted by Gasteiger charge is 2.43. The first kappa shape index (κ1) is 35.4. The Balaban J connectivity index is 1.15. The highest BCUT2D eigenvalue weighted by Crippen LogP contribution is 2.46. The third kappa shape index (κ3) is 5.54. The Morgan fingerprint density at radius 2 is 1.05 bits per heavy atom. The van der Waals surface area contributed by atoms with E-state index in [0.717, 1.165) is 50.9 Å². The summed E-state index contributed by atoms with van der Waals surface area (Å²) in [7, 11) is 0. The monoisotopic (exact) mass is 768 g/mol. The SMILES string of the molecule is C=Cc1c(/C=C\C)n(-c2ccccc2)c2cc(N3c4ccccc4B4c5ccc(N(c6ccccc6)c6ccccc6)cc5N(c5ccccc5)c5cccc3c54)ccc12. The second kappa shape index (κ2) is 14.6. The molecule has 9 aromatic rings. The van der Waals surface area contributed by atoms with Gasteiger partial charge in [0, 0.05) is 67.8 Å². The van der Waals surface area contributed by atoms with Gasteiger partial charge in [0.1, 0.15) is 0 Å². The molecule has 8 aromatic carbocycles. The Morgan fingerprint density at radius 3 is 1.70 bits per heavy atom. The lowest BCUT2D eigenvalue weighted by atomic mass is 9.33. The lowest BCUT2D eigenvalue weighted by Gasteiger charge is -2.44. The zero-order valence-electron chi connectivity index (χ0n) is 33.4. The number of rotatable bonds is 8. The molecule has 284 valence electrons. The van der Waals surface area contributed by atoms with E-state index in [1.54, 1.807) is 0 Å². The first-order valence-corrected chi connectivity index (χ1v) is 20.6. The van der Waals surface area contributed by atoms with Crippen LogP contribution in [0.15, 0.2) is 213 Å². The molecule has 0 bridgehead atoms. The summed E-state index contributed by atoms with van der Waals surface area (Å²) in [6.45, 7) is 6.36. The first-order chi connectivity index (χ1) is 29.7. The van der Waals surface area contributed by atoms with Gasteiger partial charge in [0.2, 0.25) is 0 Å². The van der Waals surface area contributed by atoms with E-state index in [1.807, 2.05) is 6.08 Å². The maximum atomic E-state index is 4.27. The molecule has 0 aliphatic carbocycles. The van der Waals surface area contributed by atoms with Gasteiger partial charge in [0.05, 0.1) is 11.2 Å². The van der Waals surface area contributed by atoms with Gasteiger partial charge in [-0.2, -0.15) is 0 Å². The zero-order valence-corrected chi connectivity index (χ0v) is 33.4. The van der Waals surface area contributed by atoms with E-state index in [-0.39, 0.29) is 6.71 Å². The van der Waals surface area contributed by atoms with Crippen molar-refractivity contribution in [2.45, 2.75) is 6.92 Å². The second-order valence-corrected chi connectivity index (χ2v) is 15.3. The van der Waals surface area contributed by atoms with E-state index in [2.05, 4.69) is 245 Å². The number of nitrogens with zero attached hydrogens (tertiary/aromatic N) is 4. The Morgan fingerprint density at radius 1 is 0.483 bits per heavy atom. The minimum Gasteiger partial charge on any atom is -0.311 e. The predicted molar refractivity (Wildman–Crippen MR) is 257 cm³/mol. The minimum absolute atomic E-state index is 0.0140. The van der Waals surface area contributed by atoms with Crippen molar-refractivity contribution in [2.24, 2.45) is 0 Å². The molecule has 0 spiro atoms. The van der Waals surface area contributed by atoms with Gasteiger partial charge in [0.25, 0.3) is 6.71 Å². The summed E-state index contributed by atoms with van der Waals surface area (Å²) in [6, 6.07) is 72.6. The predicted octanol–water partition coefficient (Wildman–Crippen LogP) is 12.9. The van der Waals surface area contributed by atoms with Gasteiger partial charge in [-0.05, 0) is 120 Å². The smallest absolute Gasteiger partial charge is 0.252 e. The third-order valence-corrected chi connectivity index (χ3v) is 12.0. The van der Waals surface area contributed by atoms with E-state index >= 15 is 0 Å². The Labute approximate surface area is 351 Å². The fourth-order valence-corrected chi connectivity index (χ4v) is 9.60. The van der Waals surface area contributed by atoms with E-state index in [9.17, 15) is 0 Å². The van der Waals surface area contributed by atoms with Crippen LogP contribution in [0.1, 0.15) is 18.2 Å². The summed E-state index contributed by atoms with van der Waals surface area (Å²) in [5, 5.41) is 1.17. The van der Waals surface area contributed by atoms with Gasteiger partial charge in [0.15, 0.2) is 0 Å². The quantitative estimate of drug-likeness (QED) is 0.143. The molecule has 3 heterocycles. The van der Waals surface area contributed by atoms with Crippen molar-refractivity contribution in [3.8, 4) is 5.69 Å². The summed E-state index contributed by atoms with van der Waals surface area (Å²) >= 11 is 0. The van der Waals surface area contributed by atoms with Crippen molar-refractivity contribution in [1.29, 1.82) is 0 Å². The fraction of sp³-hybridized carbons (Fsp3) is 0.0182. The molecular weight excluding hydrogens is 727 g/mol. The molecule has 0 saturated carbocycles. The Kier molecular flexibility index (Phi) is 8.60. The second-order valence-electron chi connectivity index (χ2n) is 15.3. The Hall–Kier alpha value is -7.76. The first-order valence-electron chi connectivity index (χ1n) is 20.6. The van der Waals surface area contributed by atoms with E-state index in [0.29, 0.717) is 0 Å². The molecule has 0 atom stereocenters. The molecule has 0 unspecified atom stereocenters. The van der Waals surface area contributed by atoms with E-state index in [4.69, 9.17) is 0 Å². The van der Waals surface area contributed by atoms with Crippen LogP contribution < -0.4 is 31.1 Å². The maximum absolute atomic E-state index is 4.27. The van der Waals surface area contributed by atoms with Crippen LogP contribution >= 0.6 is 0 Å². The summed E-state index contributed by atoms with van der Waals surface area (Å²) in [6.07, 6.45) is 6.29. The number of benzene rings is 8. The summed E-state index contributed by atoms with van der Waals surface area (Å²) in [4.78, 5) is 7.30. The fourth-order valence-electron chi connectivity index (χ4n) is 9.60. The van der Waals surface area contributed by atoms with Gasteiger partial charge in [-0.25, -0.2) is 0 Å².